The van der Waals surface area contributed by atoms with Gasteiger partial charge in [-0.15, -0.1) is 0 Å². The summed E-state index contributed by atoms with van der Waals surface area (Å²) >= 11 is 0. The highest BCUT2D eigenvalue weighted by atomic mass is 16.3. The van der Waals surface area contributed by atoms with Crippen LogP contribution >= 0.6 is 0 Å². The summed E-state index contributed by atoms with van der Waals surface area (Å²) in [5, 5.41) is 1.10. The van der Waals surface area contributed by atoms with Crippen LogP contribution in [0.4, 0.5) is 0 Å². The largest absolute Gasteiger partial charge is 0.464 e. The molecular formula is C19H19NO. The van der Waals surface area contributed by atoms with Gasteiger partial charge in [0, 0.05) is 10.9 Å². The molecule has 1 heterocycles. The van der Waals surface area contributed by atoms with E-state index in [9.17, 15) is 0 Å². The van der Waals surface area contributed by atoms with Crippen LogP contribution in [0.15, 0.2) is 59.2 Å². The Morgan fingerprint density at radius 1 is 1.00 bits per heavy atom. The van der Waals surface area contributed by atoms with Crippen molar-refractivity contribution in [2.24, 2.45) is 5.73 Å². The van der Waals surface area contributed by atoms with Crippen LogP contribution in [-0.4, -0.2) is 0 Å². The lowest BCUT2D eigenvalue weighted by Gasteiger charge is -2.26. The van der Waals surface area contributed by atoms with Gasteiger partial charge in [-0.1, -0.05) is 48.9 Å². The molecule has 1 fully saturated rings. The Bertz CT molecular complexity index is 753. The quantitative estimate of drug-likeness (QED) is 0.750. The highest BCUT2D eigenvalue weighted by molar-refractivity contribution is 5.81. The number of nitrogens with two attached hydrogens (primary N) is 1. The van der Waals surface area contributed by atoms with Crippen molar-refractivity contribution in [1.82, 2.24) is 0 Å². The van der Waals surface area contributed by atoms with E-state index in [2.05, 4.69) is 30.3 Å². The average molecular weight is 277 g/mol. The summed E-state index contributed by atoms with van der Waals surface area (Å²) < 4.78 is 5.60. The standard InChI is InChI=1S/C19H19NO/c20-19(17-12-21-18-7-2-1-6-16(17)18)15-10-8-14(9-11-15)13-4-3-5-13/h1-2,6-13,19H,3-5,20H2. The van der Waals surface area contributed by atoms with Gasteiger partial charge in [0.1, 0.15) is 5.58 Å². The molecule has 1 atom stereocenters. The molecule has 1 aliphatic rings. The highest BCUT2D eigenvalue weighted by Gasteiger charge is 2.20. The predicted molar refractivity (Wildman–Crippen MR) is 85.3 cm³/mol. The Kier molecular flexibility index (Phi) is 3.04. The molecule has 1 aliphatic carbocycles. The maximum Gasteiger partial charge on any atom is 0.134 e. The number of hydrogen-bond acceptors (Lipinski definition) is 2. The Labute approximate surface area is 124 Å². The first-order chi connectivity index (χ1) is 10.3. The van der Waals surface area contributed by atoms with E-state index in [1.54, 1.807) is 6.26 Å². The van der Waals surface area contributed by atoms with E-state index >= 15 is 0 Å². The van der Waals surface area contributed by atoms with Crippen molar-refractivity contribution in [2.45, 2.75) is 31.2 Å². The Hall–Kier alpha value is -2.06. The number of furan rings is 1. The predicted octanol–water partition coefficient (Wildman–Crippen LogP) is 4.75. The molecule has 2 N–H and O–H groups in total. The van der Waals surface area contributed by atoms with Crippen LogP contribution in [0.1, 0.15) is 47.9 Å². The number of rotatable bonds is 3. The van der Waals surface area contributed by atoms with Crippen molar-refractivity contribution in [2.75, 3.05) is 0 Å². The highest BCUT2D eigenvalue weighted by Crippen LogP contribution is 2.37. The van der Waals surface area contributed by atoms with Crippen molar-refractivity contribution >= 4 is 11.0 Å². The fraction of sp³-hybridized carbons (Fsp3) is 0.263. The summed E-state index contributed by atoms with van der Waals surface area (Å²) in [4.78, 5) is 0. The second-order valence-electron chi connectivity index (χ2n) is 5.96. The molecule has 3 aromatic rings. The van der Waals surface area contributed by atoms with Gasteiger partial charge in [-0.2, -0.15) is 0 Å². The summed E-state index contributed by atoms with van der Waals surface area (Å²) in [6.45, 7) is 0. The van der Waals surface area contributed by atoms with Crippen LogP contribution in [0.2, 0.25) is 0 Å². The summed E-state index contributed by atoms with van der Waals surface area (Å²) in [5.74, 6) is 0.769. The molecule has 0 amide bonds. The van der Waals surface area contributed by atoms with Gasteiger partial charge in [-0.25, -0.2) is 0 Å². The SMILES string of the molecule is NC(c1ccc(C2CCC2)cc1)c1coc2ccccc12. The summed E-state index contributed by atoms with van der Waals surface area (Å²) in [6, 6.07) is 16.7. The molecule has 1 saturated carbocycles. The van der Waals surface area contributed by atoms with Gasteiger partial charge in [0.2, 0.25) is 0 Å². The number of para-hydroxylation sites is 1. The number of hydrogen-bond donors (Lipinski definition) is 1. The van der Waals surface area contributed by atoms with Crippen molar-refractivity contribution < 1.29 is 4.42 Å². The van der Waals surface area contributed by atoms with Gasteiger partial charge >= 0.3 is 0 Å². The molecule has 0 radical (unpaired) electrons. The molecule has 21 heavy (non-hydrogen) atoms. The molecule has 106 valence electrons. The van der Waals surface area contributed by atoms with E-state index in [4.69, 9.17) is 10.2 Å². The van der Waals surface area contributed by atoms with Crippen LogP contribution in [0.5, 0.6) is 0 Å². The smallest absolute Gasteiger partial charge is 0.134 e. The zero-order valence-electron chi connectivity index (χ0n) is 12.0. The zero-order chi connectivity index (χ0) is 14.2. The third-order valence-electron chi connectivity index (χ3n) is 4.72. The fourth-order valence-electron chi connectivity index (χ4n) is 3.14. The monoisotopic (exact) mass is 277 g/mol. The molecule has 1 unspecified atom stereocenters. The van der Waals surface area contributed by atoms with Crippen LogP contribution in [-0.2, 0) is 0 Å². The maximum absolute atomic E-state index is 6.44. The second kappa shape index (κ2) is 5.05. The van der Waals surface area contributed by atoms with E-state index in [1.165, 1.54) is 24.8 Å². The summed E-state index contributed by atoms with van der Waals surface area (Å²) in [5.41, 5.74) is 11.0. The minimum Gasteiger partial charge on any atom is -0.464 e. The van der Waals surface area contributed by atoms with E-state index in [-0.39, 0.29) is 6.04 Å². The Balaban J connectivity index is 1.65. The molecule has 0 saturated heterocycles. The van der Waals surface area contributed by atoms with Crippen molar-refractivity contribution in [3.63, 3.8) is 0 Å². The third kappa shape index (κ3) is 2.16. The lowest BCUT2D eigenvalue weighted by atomic mass is 9.79. The molecule has 2 heteroatoms. The van der Waals surface area contributed by atoms with E-state index in [0.29, 0.717) is 0 Å². The normalized spacial score (nSPS) is 16.8. The van der Waals surface area contributed by atoms with Crippen LogP contribution < -0.4 is 5.73 Å². The molecular weight excluding hydrogens is 258 g/mol. The zero-order valence-corrected chi connectivity index (χ0v) is 12.0. The van der Waals surface area contributed by atoms with Gasteiger partial charge in [-0.3, -0.25) is 0 Å². The van der Waals surface area contributed by atoms with Gasteiger partial charge in [0.05, 0.1) is 12.3 Å². The van der Waals surface area contributed by atoms with E-state index in [0.717, 1.165) is 28.0 Å². The molecule has 2 nitrogen and oxygen atoms in total. The van der Waals surface area contributed by atoms with Gasteiger partial charge < -0.3 is 10.2 Å². The van der Waals surface area contributed by atoms with E-state index in [1.807, 2.05) is 18.2 Å². The fourth-order valence-corrected chi connectivity index (χ4v) is 3.14. The van der Waals surface area contributed by atoms with Gasteiger partial charge in [-0.05, 0) is 36.0 Å². The van der Waals surface area contributed by atoms with Crippen molar-refractivity contribution in [1.29, 1.82) is 0 Å². The minimum atomic E-state index is -0.135. The van der Waals surface area contributed by atoms with Crippen molar-refractivity contribution in [3.8, 4) is 0 Å². The minimum absolute atomic E-state index is 0.135. The molecule has 1 aromatic heterocycles. The van der Waals surface area contributed by atoms with Crippen LogP contribution in [0, 0.1) is 0 Å². The van der Waals surface area contributed by atoms with Crippen molar-refractivity contribution in [3.05, 3.63) is 71.5 Å². The first kappa shape index (κ1) is 12.7. The molecule has 4 rings (SSSR count). The molecule has 0 aliphatic heterocycles. The van der Waals surface area contributed by atoms with Gasteiger partial charge in [0.25, 0.3) is 0 Å². The lowest BCUT2D eigenvalue weighted by molar-refractivity contribution is 0.419. The topological polar surface area (TPSA) is 39.2 Å². The maximum atomic E-state index is 6.44. The Morgan fingerprint density at radius 3 is 2.48 bits per heavy atom. The lowest BCUT2D eigenvalue weighted by Crippen LogP contribution is -2.12. The third-order valence-corrected chi connectivity index (χ3v) is 4.72. The molecule has 0 spiro atoms. The summed E-state index contributed by atoms with van der Waals surface area (Å²) in [7, 11) is 0. The van der Waals surface area contributed by atoms with E-state index < -0.39 is 0 Å². The first-order valence-corrected chi connectivity index (χ1v) is 7.64. The molecule has 2 aromatic carbocycles. The number of benzene rings is 2. The second-order valence-corrected chi connectivity index (χ2v) is 5.96. The molecule has 0 bridgehead atoms. The number of fused-ring (bicyclic) bond motifs is 1. The van der Waals surface area contributed by atoms with Crippen LogP contribution in [0.3, 0.4) is 0 Å². The first-order valence-electron chi connectivity index (χ1n) is 7.64. The Morgan fingerprint density at radius 2 is 1.76 bits per heavy atom. The average Bonchev–Trinajstić information content (AvgIpc) is 2.89. The summed E-state index contributed by atoms with van der Waals surface area (Å²) in [6.07, 6.45) is 5.82. The van der Waals surface area contributed by atoms with Crippen LogP contribution in [0.25, 0.3) is 11.0 Å². The van der Waals surface area contributed by atoms with Gasteiger partial charge in [0.15, 0.2) is 0 Å².